The number of hydrogen-bond acceptors (Lipinski definition) is 6. The molecule has 0 aromatic heterocycles. The number of alkyl halides is 2. The molecule has 3 fully saturated rings. The summed E-state index contributed by atoms with van der Waals surface area (Å²) in [7, 11) is -2.08. The van der Waals surface area contributed by atoms with Crippen LogP contribution in [-0.2, 0) is 19.6 Å². The number of sulfonamides is 1. The highest BCUT2D eigenvalue weighted by Gasteiger charge is 2.46. The predicted octanol–water partition coefficient (Wildman–Crippen LogP) is 3.35. The number of piperidine rings is 2. The van der Waals surface area contributed by atoms with Crippen LogP contribution in [0.15, 0.2) is 17.0 Å². The minimum absolute atomic E-state index is 0.0680. The molecule has 3 aliphatic rings. The number of piperazine rings is 1. The van der Waals surface area contributed by atoms with Crippen molar-refractivity contribution in [2.24, 2.45) is 0 Å². The number of amides is 1. The second-order valence-corrected chi connectivity index (χ2v) is 13.3. The summed E-state index contributed by atoms with van der Waals surface area (Å²) in [5.41, 5.74) is 0.328. The van der Waals surface area contributed by atoms with Gasteiger partial charge in [-0.1, -0.05) is 23.2 Å². The molecule has 1 aromatic carbocycles. The zero-order valence-electron chi connectivity index (χ0n) is 21.8. The molecule has 214 valence electrons. The molecule has 38 heavy (non-hydrogen) atoms. The first kappa shape index (κ1) is 29.9. The van der Waals surface area contributed by atoms with Gasteiger partial charge >= 0.3 is 0 Å². The maximum atomic E-state index is 14.3. The van der Waals surface area contributed by atoms with Crippen molar-refractivity contribution in [2.45, 2.75) is 55.5 Å². The van der Waals surface area contributed by atoms with Gasteiger partial charge in [0.05, 0.1) is 17.7 Å². The summed E-state index contributed by atoms with van der Waals surface area (Å²) in [5.74, 6) is -3.26. The van der Waals surface area contributed by atoms with Crippen LogP contribution in [0.4, 0.5) is 8.78 Å². The third-order valence-electron chi connectivity index (χ3n) is 7.81. The van der Waals surface area contributed by atoms with Crippen LogP contribution in [0, 0.1) is 6.92 Å². The fourth-order valence-electron chi connectivity index (χ4n) is 5.67. The molecule has 1 aromatic rings. The third-order valence-corrected chi connectivity index (χ3v) is 10.6. The number of rotatable bonds is 7. The Labute approximate surface area is 233 Å². The highest BCUT2D eigenvalue weighted by molar-refractivity contribution is 7.89. The van der Waals surface area contributed by atoms with Crippen molar-refractivity contribution in [1.29, 1.82) is 0 Å². The van der Waals surface area contributed by atoms with Gasteiger partial charge in [0.25, 0.3) is 5.92 Å². The van der Waals surface area contributed by atoms with Gasteiger partial charge in [0.15, 0.2) is 0 Å². The first-order chi connectivity index (χ1) is 17.9. The van der Waals surface area contributed by atoms with Gasteiger partial charge in [-0.05, 0) is 57.6 Å². The largest absolute Gasteiger partial charge is 0.370 e. The van der Waals surface area contributed by atoms with E-state index in [2.05, 4.69) is 16.8 Å². The smallest absolute Gasteiger partial charge is 0.251 e. The van der Waals surface area contributed by atoms with Crippen molar-refractivity contribution in [3.8, 4) is 0 Å². The number of ether oxygens (including phenoxy) is 1. The Bertz CT molecular complexity index is 1090. The molecule has 4 rings (SSSR count). The standard InChI is InChI=1S/C25H36Cl2F2N4O4S/c1-18-13-19(26)14-22(27)24(18)38(35,36)33-8-5-25(28,29)15-21(33)16-37-17-23(34)32-11-9-31(10-12-32)20-3-6-30(2)7-4-20/h13-14,20-21H,3-12,15-17H2,1-2H3/t21-/m0/s1. The van der Waals surface area contributed by atoms with Crippen LogP contribution in [-0.4, -0.2) is 117 Å². The summed E-state index contributed by atoms with van der Waals surface area (Å²) in [5, 5.41) is 0.212. The van der Waals surface area contributed by atoms with Gasteiger partial charge in [-0.3, -0.25) is 9.69 Å². The maximum absolute atomic E-state index is 14.3. The Kier molecular flexibility index (Phi) is 9.60. The molecule has 0 aliphatic carbocycles. The predicted molar refractivity (Wildman–Crippen MR) is 143 cm³/mol. The highest BCUT2D eigenvalue weighted by Crippen LogP contribution is 2.38. The number of hydrogen-bond donors (Lipinski definition) is 0. The van der Waals surface area contributed by atoms with Gasteiger partial charge < -0.3 is 14.5 Å². The van der Waals surface area contributed by atoms with Crippen molar-refractivity contribution in [3.63, 3.8) is 0 Å². The van der Waals surface area contributed by atoms with Crippen LogP contribution >= 0.6 is 23.2 Å². The van der Waals surface area contributed by atoms with Gasteiger partial charge in [-0.2, -0.15) is 4.31 Å². The number of aryl methyl sites for hydroxylation is 1. The van der Waals surface area contributed by atoms with E-state index in [0.29, 0.717) is 24.7 Å². The van der Waals surface area contributed by atoms with E-state index in [9.17, 15) is 22.0 Å². The molecule has 3 saturated heterocycles. The molecule has 1 amide bonds. The summed E-state index contributed by atoms with van der Waals surface area (Å²) in [6, 6.07) is 2.19. The molecule has 0 bridgehead atoms. The topological polar surface area (TPSA) is 73.4 Å². The van der Waals surface area contributed by atoms with E-state index in [1.807, 2.05) is 0 Å². The summed E-state index contributed by atoms with van der Waals surface area (Å²) in [6.45, 7) is 5.49. The first-order valence-electron chi connectivity index (χ1n) is 13.0. The summed E-state index contributed by atoms with van der Waals surface area (Å²) in [6.07, 6.45) is 0.951. The maximum Gasteiger partial charge on any atom is 0.251 e. The second-order valence-electron chi connectivity index (χ2n) is 10.6. The molecule has 0 radical (unpaired) electrons. The van der Waals surface area contributed by atoms with Crippen LogP contribution in [0.2, 0.25) is 10.0 Å². The number of benzene rings is 1. The quantitative estimate of drug-likeness (QED) is 0.481. The Morgan fingerprint density at radius 3 is 2.37 bits per heavy atom. The van der Waals surface area contributed by atoms with Crippen molar-refractivity contribution in [1.82, 2.24) is 19.0 Å². The molecule has 13 heteroatoms. The number of likely N-dealkylation sites (tertiary alicyclic amines) is 1. The summed E-state index contributed by atoms with van der Waals surface area (Å²) in [4.78, 5) is 19.1. The summed E-state index contributed by atoms with van der Waals surface area (Å²) >= 11 is 12.2. The van der Waals surface area contributed by atoms with Gasteiger partial charge in [-0.25, -0.2) is 17.2 Å². The fourth-order valence-corrected chi connectivity index (χ4v) is 8.42. The molecule has 1 atom stereocenters. The van der Waals surface area contributed by atoms with Gasteiger partial charge in [0.2, 0.25) is 15.9 Å². The van der Waals surface area contributed by atoms with Crippen LogP contribution in [0.25, 0.3) is 0 Å². The van der Waals surface area contributed by atoms with E-state index in [1.54, 1.807) is 11.8 Å². The summed E-state index contributed by atoms with van der Waals surface area (Å²) < 4.78 is 62.2. The van der Waals surface area contributed by atoms with Crippen molar-refractivity contribution >= 4 is 39.1 Å². The fraction of sp³-hybridized carbons (Fsp3) is 0.720. The third kappa shape index (κ3) is 6.97. The minimum atomic E-state index is -4.21. The second kappa shape index (κ2) is 12.2. The van der Waals surface area contributed by atoms with Gasteiger partial charge in [-0.15, -0.1) is 0 Å². The normalized spacial score (nSPS) is 24.6. The molecule has 0 spiro atoms. The lowest BCUT2D eigenvalue weighted by Crippen LogP contribution is -2.55. The average molecular weight is 598 g/mol. The SMILES string of the molecule is Cc1cc(Cl)cc(Cl)c1S(=O)(=O)N1CCC(F)(F)C[C@H]1COCC(=O)N1CCN(C2CCN(C)CC2)CC1. The van der Waals surface area contributed by atoms with Crippen molar-refractivity contribution < 1.29 is 26.7 Å². The Morgan fingerprint density at radius 1 is 1.08 bits per heavy atom. The minimum Gasteiger partial charge on any atom is -0.370 e. The molecule has 8 nitrogen and oxygen atoms in total. The Hall–Kier alpha value is -1.08. The molecule has 0 unspecified atom stereocenters. The number of carbonyl (C=O) groups is 1. The van der Waals surface area contributed by atoms with Crippen molar-refractivity contribution in [2.75, 3.05) is 66.1 Å². The average Bonchev–Trinajstić information content (AvgIpc) is 2.83. The van der Waals surface area contributed by atoms with Crippen LogP contribution in [0.3, 0.4) is 0 Å². The van der Waals surface area contributed by atoms with Gasteiger partial charge in [0, 0.05) is 56.6 Å². The van der Waals surface area contributed by atoms with E-state index in [4.69, 9.17) is 27.9 Å². The Morgan fingerprint density at radius 2 is 1.74 bits per heavy atom. The van der Waals surface area contributed by atoms with E-state index < -0.39 is 34.8 Å². The zero-order chi connectivity index (χ0) is 27.7. The first-order valence-corrected chi connectivity index (χ1v) is 15.2. The number of carbonyl (C=O) groups excluding carboxylic acids is 1. The molecule has 3 heterocycles. The van der Waals surface area contributed by atoms with E-state index in [1.165, 1.54) is 12.1 Å². The van der Waals surface area contributed by atoms with E-state index in [-0.39, 0.29) is 40.6 Å². The number of halogens is 4. The monoisotopic (exact) mass is 596 g/mol. The molecular formula is C25H36Cl2F2N4O4S. The van der Waals surface area contributed by atoms with Gasteiger partial charge in [0.1, 0.15) is 11.5 Å². The molecular weight excluding hydrogens is 561 g/mol. The van der Waals surface area contributed by atoms with E-state index >= 15 is 0 Å². The lowest BCUT2D eigenvalue weighted by Gasteiger charge is -2.42. The Balaban J connectivity index is 1.34. The van der Waals surface area contributed by atoms with Crippen LogP contribution in [0.5, 0.6) is 0 Å². The zero-order valence-corrected chi connectivity index (χ0v) is 24.2. The lowest BCUT2D eigenvalue weighted by atomic mass is 10.0. The highest BCUT2D eigenvalue weighted by atomic mass is 35.5. The number of nitrogens with zero attached hydrogens (tertiary/aromatic N) is 4. The molecule has 0 saturated carbocycles. The van der Waals surface area contributed by atoms with Crippen LogP contribution in [0.1, 0.15) is 31.2 Å². The molecule has 0 N–H and O–H groups in total. The van der Waals surface area contributed by atoms with E-state index in [0.717, 1.165) is 43.3 Å². The van der Waals surface area contributed by atoms with Crippen LogP contribution < -0.4 is 0 Å². The molecule has 3 aliphatic heterocycles. The van der Waals surface area contributed by atoms with Crippen molar-refractivity contribution in [3.05, 3.63) is 27.7 Å². The lowest BCUT2D eigenvalue weighted by molar-refractivity contribution is -0.139.